The van der Waals surface area contributed by atoms with Gasteiger partial charge in [-0.1, -0.05) is 49.6 Å². The lowest BCUT2D eigenvalue weighted by Crippen LogP contribution is -2.09. The number of rotatable bonds is 17. The van der Waals surface area contributed by atoms with Crippen LogP contribution in [0.5, 0.6) is 11.5 Å². The summed E-state index contributed by atoms with van der Waals surface area (Å²) in [6.45, 7) is 11.8. The number of aliphatic imine (C=N–C) groups is 1. The van der Waals surface area contributed by atoms with E-state index in [0.717, 1.165) is 33.8 Å². The van der Waals surface area contributed by atoms with Crippen LogP contribution in [-0.4, -0.2) is 44.6 Å². The average Bonchev–Trinajstić information content (AvgIpc) is 3.10. The van der Waals surface area contributed by atoms with Gasteiger partial charge in [-0.05, 0) is 91.2 Å². The minimum Gasteiger partial charge on any atom is -0.493 e. The Morgan fingerprint density at radius 3 is 1.40 bits per heavy atom. The number of esters is 2. The summed E-state index contributed by atoms with van der Waals surface area (Å²) in [6.07, 6.45) is 3.00. The highest BCUT2D eigenvalue weighted by atomic mass is 16.5. The number of benzene rings is 4. The second kappa shape index (κ2) is 18.3. The van der Waals surface area contributed by atoms with E-state index in [1.807, 2.05) is 91.1 Å². The minimum atomic E-state index is -0.391. The Hall–Kier alpha value is -5.83. The third-order valence-electron chi connectivity index (χ3n) is 6.71. The molecule has 0 fully saturated rings. The number of hydrogen-bond acceptors (Lipinski definition) is 9. The van der Waals surface area contributed by atoms with Gasteiger partial charge in [0.15, 0.2) is 0 Å². The quantitative estimate of drug-likeness (QED) is 0.0372. The number of ether oxygens (including phenoxy) is 4. The van der Waals surface area contributed by atoms with Crippen LogP contribution in [0.1, 0.15) is 32.3 Å². The third-order valence-corrected chi connectivity index (χ3v) is 6.71. The first kappa shape index (κ1) is 35.0. The van der Waals surface area contributed by atoms with Crippen molar-refractivity contribution in [2.24, 2.45) is 15.2 Å². The van der Waals surface area contributed by atoms with E-state index < -0.39 is 5.97 Å². The molecule has 0 unspecified atom stereocenters. The van der Waals surface area contributed by atoms with Gasteiger partial charge in [-0.3, -0.25) is 4.99 Å². The van der Waals surface area contributed by atoms with Gasteiger partial charge in [0.2, 0.25) is 0 Å². The second-order valence-electron chi connectivity index (χ2n) is 10.9. The van der Waals surface area contributed by atoms with Crippen LogP contribution in [0.3, 0.4) is 0 Å². The van der Waals surface area contributed by atoms with Crippen LogP contribution in [-0.2, 0) is 19.1 Å². The second-order valence-corrected chi connectivity index (χ2v) is 10.9. The molecule has 246 valence electrons. The van der Waals surface area contributed by atoms with Gasteiger partial charge in [0, 0.05) is 30.2 Å². The van der Waals surface area contributed by atoms with Crippen molar-refractivity contribution in [3.63, 3.8) is 0 Å². The van der Waals surface area contributed by atoms with Crippen molar-refractivity contribution in [3.05, 3.63) is 127 Å². The van der Waals surface area contributed by atoms with Crippen molar-refractivity contribution < 1.29 is 28.5 Å². The van der Waals surface area contributed by atoms with Gasteiger partial charge in [0.1, 0.15) is 11.5 Å². The van der Waals surface area contributed by atoms with E-state index in [2.05, 4.69) is 40.5 Å². The zero-order chi connectivity index (χ0) is 34.1. The Morgan fingerprint density at radius 1 is 0.562 bits per heavy atom. The molecule has 0 saturated carbocycles. The highest BCUT2D eigenvalue weighted by Crippen LogP contribution is 2.26. The summed E-state index contributed by atoms with van der Waals surface area (Å²) in [5, 5.41) is 8.67. The normalized spacial score (nSPS) is 11.0. The number of carbonyl (C=O) groups excluding carboxylic acids is 2. The largest absolute Gasteiger partial charge is 0.493 e. The van der Waals surface area contributed by atoms with Crippen LogP contribution < -0.4 is 9.47 Å². The fourth-order valence-corrected chi connectivity index (χ4v) is 4.06. The highest BCUT2D eigenvalue weighted by molar-refractivity contribution is 5.87. The van der Waals surface area contributed by atoms with E-state index >= 15 is 0 Å². The van der Waals surface area contributed by atoms with Gasteiger partial charge in [0.25, 0.3) is 0 Å². The Kier molecular flexibility index (Phi) is 13.4. The highest BCUT2D eigenvalue weighted by Gasteiger charge is 2.04. The Labute approximate surface area is 281 Å². The minimum absolute atomic E-state index is 0.284. The van der Waals surface area contributed by atoms with Crippen molar-refractivity contribution in [2.45, 2.75) is 26.7 Å². The molecule has 4 rings (SSSR count). The van der Waals surface area contributed by atoms with Crippen molar-refractivity contribution in [1.82, 2.24) is 0 Å². The summed E-state index contributed by atoms with van der Waals surface area (Å²) in [6, 6.07) is 30.9. The molecule has 0 aliphatic heterocycles. The molecule has 0 bridgehead atoms. The van der Waals surface area contributed by atoms with E-state index in [4.69, 9.17) is 18.9 Å². The Morgan fingerprint density at radius 2 is 0.958 bits per heavy atom. The topological polar surface area (TPSA) is 108 Å². The zero-order valence-corrected chi connectivity index (χ0v) is 27.3. The molecular formula is C39H39N3O6. The molecule has 4 aromatic carbocycles. The molecule has 0 amide bonds. The van der Waals surface area contributed by atoms with Crippen LogP contribution in [0.4, 0.5) is 17.1 Å². The molecule has 9 heteroatoms. The fraction of sp³-hybridized carbons (Fsp3) is 0.205. The molecular weight excluding hydrogens is 606 g/mol. The lowest BCUT2D eigenvalue weighted by molar-refractivity contribution is -0.140. The first-order chi connectivity index (χ1) is 23.3. The standard InChI is InChI=1S/C39H39N3O6/c1-28(2)38(43)47-25-5-23-45-36-19-15-33(16-20-36)40-27-30-7-9-31(10-8-30)32-11-13-34(14-12-32)41-42-35-17-21-37(22-18-35)46-24-6-26-48-39(44)29(3)4/h7-22,27H,1,3,5-6,23-26H2,2,4H3. The summed E-state index contributed by atoms with van der Waals surface area (Å²) < 4.78 is 21.5. The molecule has 0 spiro atoms. The lowest BCUT2D eigenvalue weighted by atomic mass is 10.0. The van der Waals surface area contributed by atoms with E-state index in [-0.39, 0.29) is 12.6 Å². The van der Waals surface area contributed by atoms with E-state index in [1.165, 1.54) is 0 Å². The van der Waals surface area contributed by atoms with Gasteiger partial charge in [-0.15, -0.1) is 0 Å². The molecule has 0 atom stereocenters. The van der Waals surface area contributed by atoms with Crippen molar-refractivity contribution >= 4 is 35.2 Å². The molecule has 4 aromatic rings. The number of hydrogen-bond donors (Lipinski definition) is 0. The summed E-state index contributed by atoms with van der Waals surface area (Å²) in [4.78, 5) is 27.3. The Bertz CT molecular complexity index is 1600. The molecule has 0 radical (unpaired) electrons. The van der Waals surface area contributed by atoms with Gasteiger partial charge in [0.05, 0.1) is 43.5 Å². The fourth-order valence-electron chi connectivity index (χ4n) is 4.06. The molecule has 0 N–H and O–H groups in total. The summed E-state index contributed by atoms with van der Waals surface area (Å²) in [7, 11) is 0. The molecule has 0 heterocycles. The zero-order valence-electron chi connectivity index (χ0n) is 27.3. The van der Waals surface area contributed by atoms with E-state index in [0.29, 0.717) is 55.2 Å². The maximum Gasteiger partial charge on any atom is 0.333 e. The number of nitrogens with zero attached hydrogens (tertiary/aromatic N) is 3. The van der Waals surface area contributed by atoms with Crippen molar-refractivity contribution in [1.29, 1.82) is 0 Å². The molecule has 9 nitrogen and oxygen atoms in total. The average molecular weight is 646 g/mol. The Balaban J connectivity index is 1.19. The lowest BCUT2D eigenvalue weighted by Gasteiger charge is -2.07. The molecule has 0 aliphatic rings. The van der Waals surface area contributed by atoms with Gasteiger partial charge >= 0.3 is 11.9 Å². The summed E-state index contributed by atoms with van der Waals surface area (Å²) >= 11 is 0. The predicted molar refractivity (Wildman–Crippen MR) is 188 cm³/mol. The predicted octanol–water partition coefficient (Wildman–Crippen LogP) is 9.30. The maximum atomic E-state index is 11.4. The van der Waals surface area contributed by atoms with Crippen LogP contribution >= 0.6 is 0 Å². The SMILES string of the molecule is C=C(C)C(=O)OCCCOc1ccc(N=Cc2ccc(-c3ccc(N=Nc4ccc(OCCCOC(=O)C(=C)C)cc4)cc3)cc2)cc1. The summed E-state index contributed by atoms with van der Waals surface area (Å²) in [5.41, 5.74) is 6.16. The van der Waals surface area contributed by atoms with E-state index in [9.17, 15) is 9.59 Å². The number of carbonyl (C=O) groups is 2. The van der Waals surface area contributed by atoms with Crippen molar-refractivity contribution in [3.8, 4) is 22.6 Å². The monoisotopic (exact) mass is 645 g/mol. The van der Waals surface area contributed by atoms with E-state index in [1.54, 1.807) is 13.8 Å². The van der Waals surface area contributed by atoms with Crippen LogP contribution in [0.15, 0.2) is 137 Å². The van der Waals surface area contributed by atoms with Crippen LogP contribution in [0, 0.1) is 0 Å². The molecule has 48 heavy (non-hydrogen) atoms. The number of azo groups is 1. The van der Waals surface area contributed by atoms with Crippen LogP contribution in [0.2, 0.25) is 0 Å². The molecule has 0 aliphatic carbocycles. The van der Waals surface area contributed by atoms with Gasteiger partial charge in [-0.25, -0.2) is 9.59 Å². The van der Waals surface area contributed by atoms with Gasteiger partial charge in [-0.2, -0.15) is 10.2 Å². The molecule has 0 aromatic heterocycles. The summed E-state index contributed by atoms with van der Waals surface area (Å²) in [5.74, 6) is 0.656. The van der Waals surface area contributed by atoms with Gasteiger partial charge < -0.3 is 18.9 Å². The third kappa shape index (κ3) is 11.8. The first-order valence-corrected chi connectivity index (χ1v) is 15.5. The molecule has 0 saturated heterocycles. The smallest absolute Gasteiger partial charge is 0.333 e. The maximum absolute atomic E-state index is 11.4. The van der Waals surface area contributed by atoms with Crippen LogP contribution in [0.25, 0.3) is 11.1 Å². The first-order valence-electron chi connectivity index (χ1n) is 15.5. The van der Waals surface area contributed by atoms with Crippen molar-refractivity contribution in [2.75, 3.05) is 26.4 Å².